The molecule has 1 aromatic heterocycles. The number of hydrogen-bond donors (Lipinski definition) is 5. The van der Waals surface area contributed by atoms with Crippen molar-refractivity contribution in [3.8, 4) is 0 Å². The Morgan fingerprint density at radius 1 is 1.07 bits per heavy atom. The molecular weight excluding hydrogens is 382 g/mol. The summed E-state index contributed by atoms with van der Waals surface area (Å²) in [4.78, 5) is 26.3. The molecule has 7 N–H and O–H groups in total. The minimum Gasteiger partial charge on any atom is -0.369 e. The van der Waals surface area contributed by atoms with Crippen LogP contribution < -0.4 is 22.1 Å². The summed E-state index contributed by atoms with van der Waals surface area (Å²) in [7, 11) is 0. The molecular formula is C21H25N7O2. The lowest BCUT2D eigenvalue weighted by molar-refractivity contribution is -0.105. The highest BCUT2D eigenvalue weighted by Gasteiger charge is 2.12. The number of carbonyl (C=O) groups is 2. The van der Waals surface area contributed by atoms with Crippen molar-refractivity contribution in [1.82, 2.24) is 4.98 Å². The molecule has 9 nitrogen and oxygen atoms in total. The van der Waals surface area contributed by atoms with Crippen molar-refractivity contribution < 1.29 is 9.59 Å². The van der Waals surface area contributed by atoms with E-state index in [2.05, 4.69) is 25.8 Å². The number of para-hydroxylation sites is 1. The topological polar surface area (TPSA) is 151 Å². The Balaban J connectivity index is 0.00000155. The Morgan fingerprint density at radius 2 is 1.77 bits per heavy atom. The van der Waals surface area contributed by atoms with Gasteiger partial charge in [-0.3, -0.25) is 9.59 Å². The third-order valence-electron chi connectivity index (χ3n) is 3.99. The Bertz CT molecular complexity index is 1080. The predicted octanol–water partition coefficient (Wildman–Crippen LogP) is 3.01. The number of aromatic nitrogens is 1. The lowest BCUT2D eigenvalue weighted by Crippen LogP contribution is -2.22. The van der Waals surface area contributed by atoms with Crippen molar-refractivity contribution in [3.63, 3.8) is 0 Å². The van der Waals surface area contributed by atoms with Crippen LogP contribution in [0.2, 0.25) is 0 Å². The van der Waals surface area contributed by atoms with Crippen molar-refractivity contribution >= 4 is 46.3 Å². The van der Waals surface area contributed by atoms with E-state index in [0.717, 1.165) is 10.9 Å². The van der Waals surface area contributed by atoms with E-state index in [4.69, 9.17) is 11.5 Å². The van der Waals surface area contributed by atoms with Gasteiger partial charge in [0, 0.05) is 11.1 Å². The molecule has 0 radical (unpaired) electrons. The van der Waals surface area contributed by atoms with E-state index in [0.29, 0.717) is 34.7 Å². The minimum absolute atomic E-state index is 0.118. The monoisotopic (exact) mass is 407 g/mol. The van der Waals surface area contributed by atoms with Crippen LogP contribution in [0.1, 0.15) is 36.8 Å². The maximum absolute atomic E-state index is 12.5. The van der Waals surface area contributed by atoms with E-state index in [-0.39, 0.29) is 11.9 Å². The molecule has 3 aromatic rings. The Kier molecular flexibility index (Phi) is 7.69. The summed E-state index contributed by atoms with van der Waals surface area (Å²) in [5, 5.41) is 13.8. The number of benzene rings is 2. The molecule has 0 saturated carbocycles. The first-order valence-electron chi connectivity index (χ1n) is 9.35. The van der Waals surface area contributed by atoms with Gasteiger partial charge in [0.25, 0.3) is 5.91 Å². The molecule has 0 unspecified atom stereocenters. The van der Waals surface area contributed by atoms with Crippen LogP contribution in [0.3, 0.4) is 0 Å². The molecule has 0 fully saturated rings. The highest BCUT2D eigenvalue weighted by molar-refractivity contribution is 6.08. The second-order valence-corrected chi connectivity index (χ2v) is 5.96. The van der Waals surface area contributed by atoms with Crippen LogP contribution >= 0.6 is 0 Å². The van der Waals surface area contributed by atoms with Crippen LogP contribution in [0, 0.1) is 0 Å². The van der Waals surface area contributed by atoms with Crippen LogP contribution in [0.4, 0.5) is 11.4 Å². The van der Waals surface area contributed by atoms with Gasteiger partial charge in [0.05, 0.1) is 16.9 Å². The number of nitrogens with two attached hydrogens (primary N) is 2. The number of aromatic amines is 1. The van der Waals surface area contributed by atoms with Gasteiger partial charge in [-0.15, -0.1) is 5.10 Å². The van der Waals surface area contributed by atoms with E-state index in [1.54, 1.807) is 49.4 Å². The molecule has 0 aliphatic carbocycles. The normalized spacial score (nSPS) is 10.6. The van der Waals surface area contributed by atoms with Crippen LogP contribution in [-0.4, -0.2) is 29.0 Å². The van der Waals surface area contributed by atoms with E-state index in [1.165, 1.54) is 0 Å². The first-order valence-corrected chi connectivity index (χ1v) is 9.35. The molecule has 0 saturated heterocycles. The molecule has 1 heterocycles. The van der Waals surface area contributed by atoms with Gasteiger partial charge in [-0.1, -0.05) is 38.1 Å². The summed E-state index contributed by atoms with van der Waals surface area (Å²) in [6.45, 7) is 5.77. The zero-order valence-corrected chi connectivity index (χ0v) is 17.1. The molecule has 2 amide bonds. The Morgan fingerprint density at radius 3 is 2.40 bits per heavy atom. The van der Waals surface area contributed by atoms with E-state index in [9.17, 15) is 9.59 Å². The average Bonchev–Trinajstić information content (AvgIpc) is 3.20. The largest absolute Gasteiger partial charge is 0.369 e. The minimum atomic E-state index is -0.299. The number of guanidine groups is 1. The Hall–Kier alpha value is -4.14. The molecule has 0 spiro atoms. The first-order chi connectivity index (χ1) is 14.5. The SMILES string of the molecule is C/C(=N\N=C(N)N)c1ccc(NC(=O)c2cc3cccc(NC=O)c3[nH]2)cc1.CC. The lowest BCUT2D eigenvalue weighted by atomic mass is 10.1. The van der Waals surface area contributed by atoms with Crippen molar-refractivity contribution in [3.05, 3.63) is 59.8 Å². The molecule has 9 heteroatoms. The third kappa shape index (κ3) is 5.44. The summed E-state index contributed by atoms with van der Waals surface area (Å²) in [6, 6.07) is 14.2. The number of fused-ring (bicyclic) bond motifs is 1. The van der Waals surface area contributed by atoms with Crippen LogP contribution in [0.15, 0.2) is 58.7 Å². The summed E-state index contributed by atoms with van der Waals surface area (Å²) >= 11 is 0. The zero-order valence-electron chi connectivity index (χ0n) is 17.1. The fourth-order valence-electron chi connectivity index (χ4n) is 2.65. The van der Waals surface area contributed by atoms with E-state index < -0.39 is 0 Å². The van der Waals surface area contributed by atoms with Gasteiger partial charge >= 0.3 is 0 Å². The molecule has 0 aliphatic rings. The quantitative estimate of drug-likeness (QED) is 0.185. The van der Waals surface area contributed by atoms with Gasteiger partial charge in [-0.25, -0.2) is 0 Å². The van der Waals surface area contributed by atoms with Gasteiger partial charge in [0.1, 0.15) is 5.69 Å². The van der Waals surface area contributed by atoms with Crippen LogP contribution in [-0.2, 0) is 4.79 Å². The number of H-pyrrole nitrogens is 1. The highest BCUT2D eigenvalue weighted by Crippen LogP contribution is 2.24. The standard InChI is InChI=1S/C19H19N7O2.C2H6/c1-11(25-26-19(20)21)12-5-7-14(8-6-12)23-18(28)16-9-13-3-2-4-15(22-10-27)17(13)24-16;1-2/h2-10,24H,1H3,(H,22,27)(H,23,28)(H4,20,21,26);1-2H3/b25-11+;. The average molecular weight is 407 g/mol. The second kappa shape index (κ2) is 10.4. The number of carbonyl (C=O) groups excluding carboxylic acids is 2. The first kappa shape index (κ1) is 22.2. The fourth-order valence-corrected chi connectivity index (χ4v) is 2.65. The summed E-state index contributed by atoms with van der Waals surface area (Å²) in [6.07, 6.45) is 0.593. The Labute approximate surface area is 174 Å². The predicted molar refractivity (Wildman–Crippen MR) is 122 cm³/mol. The summed E-state index contributed by atoms with van der Waals surface area (Å²) in [5.41, 5.74) is 14.2. The molecule has 0 atom stereocenters. The molecule has 156 valence electrons. The lowest BCUT2D eigenvalue weighted by Gasteiger charge is -2.05. The number of amides is 2. The van der Waals surface area contributed by atoms with E-state index >= 15 is 0 Å². The number of hydrogen-bond acceptors (Lipinski definition) is 4. The second-order valence-electron chi connectivity index (χ2n) is 5.96. The van der Waals surface area contributed by atoms with Gasteiger partial charge in [0.2, 0.25) is 12.4 Å². The fraction of sp³-hybridized carbons (Fsp3) is 0.143. The number of nitrogens with one attached hydrogen (secondary N) is 3. The van der Waals surface area contributed by atoms with Gasteiger partial charge in [-0.2, -0.15) is 5.10 Å². The zero-order chi connectivity index (χ0) is 22.1. The maximum atomic E-state index is 12.5. The molecule has 0 aliphatic heterocycles. The van der Waals surface area contributed by atoms with E-state index in [1.807, 2.05) is 19.9 Å². The van der Waals surface area contributed by atoms with Crippen molar-refractivity contribution in [1.29, 1.82) is 0 Å². The molecule has 2 aromatic carbocycles. The number of anilines is 2. The van der Waals surface area contributed by atoms with Gasteiger partial charge in [-0.05, 0) is 36.8 Å². The number of rotatable bonds is 6. The van der Waals surface area contributed by atoms with Crippen LogP contribution in [0.25, 0.3) is 10.9 Å². The van der Waals surface area contributed by atoms with Gasteiger partial charge < -0.3 is 27.1 Å². The third-order valence-corrected chi connectivity index (χ3v) is 3.99. The van der Waals surface area contributed by atoms with Crippen LogP contribution in [0.5, 0.6) is 0 Å². The van der Waals surface area contributed by atoms with Gasteiger partial charge in [0.15, 0.2) is 0 Å². The molecule has 0 bridgehead atoms. The molecule has 30 heavy (non-hydrogen) atoms. The maximum Gasteiger partial charge on any atom is 0.272 e. The number of nitrogens with zero attached hydrogens (tertiary/aromatic N) is 2. The summed E-state index contributed by atoms with van der Waals surface area (Å²) in [5.74, 6) is -0.417. The van der Waals surface area contributed by atoms with Crippen molar-refractivity contribution in [2.75, 3.05) is 10.6 Å². The highest BCUT2D eigenvalue weighted by atomic mass is 16.2. The molecule has 3 rings (SSSR count). The summed E-state index contributed by atoms with van der Waals surface area (Å²) < 4.78 is 0. The smallest absolute Gasteiger partial charge is 0.272 e. The van der Waals surface area contributed by atoms with Crippen molar-refractivity contribution in [2.24, 2.45) is 21.7 Å². The van der Waals surface area contributed by atoms with Crippen molar-refractivity contribution in [2.45, 2.75) is 20.8 Å².